The lowest BCUT2D eigenvalue weighted by Crippen LogP contribution is -2.67. The van der Waals surface area contributed by atoms with Crippen LogP contribution in [0.3, 0.4) is 0 Å². The molecule has 0 radical (unpaired) electrons. The number of halogens is 1. The molecule has 1 aromatic rings. The number of nitrogens with zero attached hydrogens (tertiary/aromatic N) is 2. The summed E-state index contributed by atoms with van der Waals surface area (Å²) in [4.78, 5) is 8.77. The van der Waals surface area contributed by atoms with Crippen molar-refractivity contribution in [3.05, 3.63) is 23.9 Å². The van der Waals surface area contributed by atoms with Gasteiger partial charge in [-0.15, -0.1) is 24.0 Å². The lowest BCUT2D eigenvalue weighted by atomic mass is 9.57. The molecule has 0 aromatic carbocycles. The Morgan fingerprint density at radius 3 is 2.83 bits per heavy atom. The first-order valence-electron chi connectivity index (χ1n) is 10.5. The Balaban J connectivity index is 0.00000300. The Morgan fingerprint density at radius 1 is 1.38 bits per heavy atom. The van der Waals surface area contributed by atoms with E-state index in [9.17, 15) is 0 Å². The molecule has 4 unspecified atom stereocenters. The van der Waals surface area contributed by atoms with Crippen LogP contribution in [-0.2, 0) is 11.3 Å². The van der Waals surface area contributed by atoms with E-state index in [1.54, 1.807) is 6.20 Å². The highest BCUT2D eigenvalue weighted by Gasteiger charge is 2.59. The Hall–Kier alpha value is -1.09. The highest BCUT2D eigenvalue weighted by atomic mass is 127. The van der Waals surface area contributed by atoms with Crippen molar-refractivity contribution < 1.29 is 9.47 Å². The number of aliphatic imine (C=N–C) groups is 1. The Kier molecular flexibility index (Phi) is 8.58. The van der Waals surface area contributed by atoms with Crippen LogP contribution >= 0.6 is 24.0 Å². The number of rotatable bonds is 7. The molecule has 164 valence electrons. The molecule has 1 saturated carbocycles. The van der Waals surface area contributed by atoms with Crippen LogP contribution in [-0.4, -0.2) is 42.8 Å². The number of fused-ring (bicyclic) bond motifs is 1. The van der Waals surface area contributed by atoms with Gasteiger partial charge in [-0.05, 0) is 37.3 Å². The minimum absolute atomic E-state index is 0. The van der Waals surface area contributed by atoms with Crippen molar-refractivity contribution in [2.45, 2.75) is 72.3 Å². The molecule has 1 aromatic heterocycles. The van der Waals surface area contributed by atoms with Crippen molar-refractivity contribution in [1.29, 1.82) is 0 Å². The largest absolute Gasteiger partial charge is 0.475 e. The van der Waals surface area contributed by atoms with Gasteiger partial charge in [0.25, 0.3) is 0 Å². The van der Waals surface area contributed by atoms with E-state index in [-0.39, 0.29) is 35.5 Å². The summed E-state index contributed by atoms with van der Waals surface area (Å²) in [5.41, 5.74) is 1.25. The Labute approximate surface area is 192 Å². The average Bonchev–Trinajstić information content (AvgIpc) is 3.08. The molecule has 2 heterocycles. The standard InChI is InChI=1S/C22H36N4O2.HI/c1-14(2)11-15(3)28-18-12-16(7-9-24-18)13-25-21(23-6)26-19-17-8-10-27-20(17)22(19,4)5;/h7,9,12,14-15,17,19-20H,8,10-11,13H2,1-6H3,(H2,23,25,26);1H. The van der Waals surface area contributed by atoms with Gasteiger partial charge in [0.2, 0.25) is 5.88 Å². The van der Waals surface area contributed by atoms with Crippen LogP contribution in [0, 0.1) is 17.3 Å². The number of hydrogen-bond donors (Lipinski definition) is 2. The van der Waals surface area contributed by atoms with Gasteiger partial charge in [0.1, 0.15) is 0 Å². The number of pyridine rings is 1. The molecular formula is C22H37IN4O2. The maximum atomic E-state index is 5.97. The molecule has 1 saturated heterocycles. The Morgan fingerprint density at radius 2 is 2.14 bits per heavy atom. The van der Waals surface area contributed by atoms with E-state index in [1.165, 1.54) is 0 Å². The fourth-order valence-corrected chi connectivity index (χ4v) is 4.69. The van der Waals surface area contributed by atoms with Gasteiger partial charge < -0.3 is 20.1 Å². The van der Waals surface area contributed by atoms with Crippen LogP contribution in [0.5, 0.6) is 5.88 Å². The van der Waals surface area contributed by atoms with Gasteiger partial charge in [0.05, 0.1) is 12.2 Å². The third kappa shape index (κ3) is 5.75. The van der Waals surface area contributed by atoms with Gasteiger partial charge in [-0.3, -0.25) is 4.99 Å². The summed E-state index contributed by atoms with van der Waals surface area (Å²) in [6.45, 7) is 12.6. The molecule has 0 bridgehead atoms. The second-order valence-corrected chi connectivity index (χ2v) is 9.17. The van der Waals surface area contributed by atoms with Gasteiger partial charge in [-0.25, -0.2) is 4.98 Å². The van der Waals surface area contributed by atoms with Gasteiger partial charge >= 0.3 is 0 Å². The number of ether oxygens (including phenoxy) is 2. The normalized spacial score (nSPS) is 26.2. The van der Waals surface area contributed by atoms with Crippen molar-refractivity contribution in [3.8, 4) is 5.88 Å². The molecule has 0 amide bonds. The highest BCUT2D eigenvalue weighted by molar-refractivity contribution is 14.0. The van der Waals surface area contributed by atoms with Crippen LogP contribution in [0.15, 0.2) is 23.3 Å². The van der Waals surface area contributed by atoms with Gasteiger partial charge in [0.15, 0.2) is 5.96 Å². The zero-order valence-corrected chi connectivity index (χ0v) is 20.9. The molecule has 2 N–H and O–H groups in total. The van der Waals surface area contributed by atoms with E-state index in [1.807, 2.05) is 19.2 Å². The summed E-state index contributed by atoms with van der Waals surface area (Å²) < 4.78 is 11.9. The predicted octanol–water partition coefficient (Wildman–Crippen LogP) is 3.99. The molecule has 4 atom stereocenters. The summed E-state index contributed by atoms with van der Waals surface area (Å²) in [5, 5.41) is 7.05. The van der Waals surface area contributed by atoms with Crippen molar-refractivity contribution in [2.75, 3.05) is 13.7 Å². The molecule has 6 nitrogen and oxygen atoms in total. The number of hydrogen-bond acceptors (Lipinski definition) is 4. The fourth-order valence-electron chi connectivity index (χ4n) is 4.69. The van der Waals surface area contributed by atoms with Crippen molar-refractivity contribution in [2.24, 2.45) is 22.2 Å². The highest BCUT2D eigenvalue weighted by Crippen LogP contribution is 2.52. The SMILES string of the molecule is CN=C(NCc1ccnc(OC(C)CC(C)C)c1)NC1C2CCOC2C1(C)C.I. The van der Waals surface area contributed by atoms with Crippen molar-refractivity contribution in [3.63, 3.8) is 0 Å². The smallest absolute Gasteiger partial charge is 0.213 e. The molecular weight excluding hydrogens is 479 g/mol. The Bertz CT molecular complexity index is 695. The molecule has 0 spiro atoms. The van der Waals surface area contributed by atoms with E-state index < -0.39 is 0 Å². The third-order valence-electron chi connectivity index (χ3n) is 6.00. The first-order valence-corrected chi connectivity index (χ1v) is 10.5. The average molecular weight is 516 g/mol. The van der Waals surface area contributed by atoms with Gasteiger partial charge in [0, 0.05) is 49.8 Å². The van der Waals surface area contributed by atoms with Crippen LogP contribution in [0.25, 0.3) is 0 Å². The lowest BCUT2D eigenvalue weighted by molar-refractivity contribution is -0.106. The van der Waals surface area contributed by atoms with Gasteiger partial charge in [-0.1, -0.05) is 27.7 Å². The zero-order valence-electron chi connectivity index (χ0n) is 18.6. The number of nitrogens with one attached hydrogen (secondary N) is 2. The molecule has 3 rings (SSSR count). The van der Waals surface area contributed by atoms with E-state index in [0.29, 0.717) is 36.4 Å². The summed E-state index contributed by atoms with van der Waals surface area (Å²) in [5.74, 6) is 2.70. The molecule has 1 aliphatic carbocycles. The van der Waals surface area contributed by atoms with Crippen LogP contribution in [0.4, 0.5) is 0 Å². The summed E-state index contributed by atoms with van der Waals surface area (Å²) in [7, 11) is 1.82. The van der Waals surface area contributed by atoms with Crippen molar-refractivity contribution in [1.82, 2.24) is 15.6 Å². The van der Waals surface area contributed by atoms with E-state index in [2.05, 4.69) is 55.2 Å². The summed E-state index contributed by atoms with van der Waals surface area (Å²) >= 11 is 0. The van der Waals surface area contributed by atoms with E-state index in [4.69, 9.17) is 9.47 Å². The summed E-state index contributed by atoms with van der Waals surface area (Å²) in [6.07, 6.45) is 4.48. The topological polar surface area (TPSA) is 67.8 Å². The summed E-state index contributed by atoms with van der Waals surface area (Å²) in [6, 6.07) is 4.40. The molecule has 1 aliphatic heterocycles. The van der Waals surface area contributed by atoms with E-state index >= 15 is 0 Å². The second-order valence-electron chi connectivity index (χ2n) is 9.17. The van der Waals surface area contributed by atoms with E-state index in [0.717, 1.165) is 31.0 Å². The van der Waals surface area contributed by atoms with Crippen LogP contribution in [0.2, 0.25) is 0 Å². The lowest BCUT2D eigenvalue weighted by Gasteiger charge is -2.54. The molecule has 7 heteroatoms. The zero-order chi connectivity index (χ0) is 20.3. The quantitative estimate of drug-likeness (QED) is 0.326. The number of guanidine groups is 1. The monoisotopic (exact) mass is 516 g/mol. The van der Waals surface area contributed by atoms with Gasteiger partial charge in [-0.2, -0.15) is 0 Å². The first kappa shape index (κ1) is 24.2. The minimum atomic E-state index is 0. The fraction of sp³-hybridized carbons (Fsp3) is 0.727. The molecule has 29 heavy (non-hydrogen) atoms. The third-order valence-corrected chi connectivity index (χ3v) is 6.00. The van der Waals surface area contributed by atoms with Crippen LogP contribution in [0.1, 0.15) is 53.0 Å². The minimum Gasteiger partial charge on any atom is -0.475 e. The van der Waals surface area contributed by atoms with Crippen LogP contribution < -0.4 is 15.4 Å². The first-order chi connectivity index (χ1) is 13.3. The van der Waals surface area contributed by atoms with Crippen molar-refractivity contribution >= 4 is 29.9 Å². The second kappa shape index (κ2) is 10.3. The maximum absolute atomic E-state index is 5.97. The maximum Gasteiger partial charge on any atom is 0.213 e. The molecule has 2 fully saturated rings. The molecule has 2 aliphatic rings. The predicted molar refractivity (Wildman–Crippen MR) is 128 cm³/mol. The number of aromatic nitrogens is 1.